The first-order valence-corrected chi connectivity index (χ1v) is 11.1. The maximum Gasteiger partial charge on any atom is 0.101 e. The molecule has 0 saturated heterocycles. The Labute approximate surface area is 192 Å². The normalized spacial score (nSPS) is 11.6. The Morgan fingerprint density at radius 3 is 0.844 bits per heavy atom. The summed E-state index contributed by atoms with van der Waals surface area (Å²) in [6, 6.07) is 0. The van der Waals surface area contributed by atoms with Crippen LogP contribution in [0.25, 0.3) is 0 Å². The molecule has 0 aliphatic heterocycles. The van der Waals surface area contributed by atoms with Gasteiger partial charge in [-0.2, -0.15) is 0 Å². The molecule has 0 heterocycles. The average Bonchev–Trinajstić information content (AvgIpc) is 2.80. The van der Waals surface area contributed by atoms with Gasteiger partial charge in [0.15, 0.2) is 0 Å². The lowest BCUT2D eigenvalue weighted by atomic mass is 10.4. The molecule has 0 bridgehead atoms. The van der Waals surface area contributed by atoms with Crippen LogP contribution in [0.15, 0.2) is 0 Å². The molecule has 0 radical (unpaired) electrons. The van der Waals surface area contributed by atoms with Crippen molar-refractivity contribution in [3.05, 3.63) is 0 Å². The summed E-state index contributed by atoms with van der Waals surface area (Å²) in [5.74, 6) is 0. The van der Waals surface area contributed by atoms with Gasteiger partial charge >= 0.3 is 0 Å². The first-order chi connectivity index (χ1) is 15.8. The van der Waals surface area contributed by atoms with Gasteiger partial charge < -0.3 is 52.5 Å². The van der Waals surface area contributed by atoms with Crippen LogP contribution in [-0.2, 0) is 47.4 Å². The van der Waals surface area contributed by atoms with Crippen LogP contribution in [-0.4, -0.2) is 144 Å². The van der Waals surface area contributed by atoms with Gasteiger partial charge in [0.2, 0.25) is 0 Å². The van der Waals surface area contributed by atoms with Crippen molar-refractivity contribution in [1.29, 1.82) is 0 Å². The van der Waals surface area contributed by atoms with E-state index < -0.39 is 6.10 Å². The molecule has 0 unspecified atom stereocenters. The summed E-state index contributed by atoms with van der Waals surface area (Å²) in [5, 5.41) is 9.79. The number of ether oxygens (including phenoxy) is 10. The van der Waals surface area contributed by atoms with E-state index in [4.69, 9.17) is 47.4 Å². The van der Waals surface area contributed by atoms with Crippen LogP contribution in [0.3, 0.4) is 0 Å². The molecule has 0 rings (SSSR count). The highest BCUT2D eigenvalue weighted by molar-refractivity contribution is 4.51. The molecule has 0 aliphatic carbocycles. The van der Waals surface area contributed by atoms with Crippen molar-refractivity contribution in [2.75, 3.05) is 133 Å². The number of aliphatic hydroxyl groups is 1. The van der Waals surface area contributed by atoms with Crippen molar-refractivity contribution in [3.63, 3.8) is 0 Å². The van der Waals surface area contributed by atoms with Crippen molar-refractivity contribution < 1.29 is 52.5 Å². The van der Waals surface area contributed by atoms with Gasteiger partial charge in [-0.25, -0.2) is 0 Å². The highest BCUT2D eigenvalue weighted by Crippen LogP contribution is 1.90. The fourth-order valence-electron chi connectivity index (χ4n) is 2.09. The molecule has 0 aromatic carbocycles. The zero-order valence-corrected chi connectivity index (χ0v) is 19.8. The summed E-state index contributed by atoms with van der Waals surface area (Å²) < 4.78 is 52.5. The molecule has 0 aliphatic rings. The van der Waals surface area contributed by atoms with Gasteiger partial charge in [-0.1, -0.05) is 0 Å². The van der Waals surface area contributed by atoms with Crippen molar-refractivity contribution in [2.24, 2.45) is 0 Å². The van der Waals surface area contributed by atoms with Crippen molar-refractivity contribution >= 4 is 0 Å². The molecule has 0 aromatic rings. The molecule has 11 heteroatoms. The summed E-state index contributed by atoms with van der Waals surface area (Å²) in [6.07, 6.45) is -0.683. The maximum atomic E-state index is 9.79. The third kappa shape index (κ3) is 27.6. The van der Waals surface area contributed by atoms with Crippen LogP contribution in [0.1, 0.15) is 0 Å². The van der Waals surface area contributed by atoms with Crippen LogP contribution < -0.4 is 0 Å². The summed E-state index contributed by atoms with van der Waals surface area (Å²) in [7, 11) is 3.27. The summed E-state index contributed by atoms with van der Waals surface area (Å²) >= 11 is 0. The number of aliphatic hydroxyl groups excluding tert-OH is 1. The quantitative estimate of drug-likeness (QED) is 0.152. The van der Waals surface area contributed by atoms with Crippen LogP contribution >= 0.6 is 0 Å². The van der Waals surface area contributed by atoms with Crippen LogP contribution in [0.2, 0.25) is 0 Å². The molecule has 0 fully saturated rings. The van der Waals surface area contributed by atoms with Crippen molar-refractivity contribution in [3.8, 4) is 0 Å². The van der Waals surface area contributed by atoms with Gasteiger partial charge in [-0.15, -0.1) is 0 Å². The fraction of sp³-hybridized carbons (Fsp3) is 1.00. The monoisotopic (exact) mass is 472 g/mol. The van der Waals surface area contributed by atoms with E-state index in [1.165, 1.54) is 0 Å². The van der Waals surface area contributed by atoms with E-state index in [0.29, 0.717) is 106 Å². The zero-order valence-electron chi connectivity index (χ0n) is 19.8. The number of hydrogen-bond acceptors (Lipinski definition) is 11. The lowest BCUT2D eigenvalue weighted by molar-refractivity contribution is -0.0492. The smallest absolute Gasteiger partial charge is 0.101 e. The van der Waals surface area contributed by atoms with Gasteiger partial charge in [-0.3, -0.25) is 0 Å². The predicted molar refractivity (Wildman–Crippen MR) is 116 cm³/mol. The Balaban J connectivity index is 3.13. The maximum absolute atomic E-state index is 9.79. The molecule has 1 N–H and O–H groups in total. The number of methoxy groups -OCH3 is 2. The van der Waals surface area contributed by atoms with E-state index in [0.717, 1.165) is 0 Å². The number of rotatable bonds is 28. The molecule has 194 valence electrons. The Hall–Kier alpha value is -0.440. The molecule has 0 amide bonds. The lowest BCUT2D eigenvalue weighted by Gasteiger charge is -2.12. The topological polar surface area (TPSA) is 113 Å². The van der Waals surface area contributed by atoms with Crippen LogP contribution in [0.5, 0.6) is 0 Å². The highest BCUT2D eigenvalue weighted by Gasteiger charge is 2.04. The van der Waals surface area contributed by atoms with Crippen LogP contribution in [0.4, 0.5) is 0 Å². The second kappa shape index (κ2) is 28.6. The van der Waals surface area contributed by atoms with Gasteiger partial charge in [-0.05, 0) is 0 Å². The summed E-state index contributed by atoms with van der Waals surface area (Å²) in [4.78, 5) is 0. The van der Waals surface area contributed by atoms with E-state index in [2.05, 4.69) is 0 Å². The summed E-state index contributed by atoms with van der Waals surface area (Å²) in [5.41, 5.74) is 0. The van der Waals surface area contributed by atoms with Crippen molar-refractivity contribution in [1.82, 2.24) is 0 Å². The Morgan fingerprint density at radius 1 is 0.375 bits per heavy atom. The predicted octanol–water partition coefficient (Wildman–Crippen LogP) is -0.227. The van der Waals surface area contributed by atoms with E-state index in [9.17, 15) is 5.11 Å². The van der Waals surface area contributed by atoms with E-state index in [1.54, 1.807) is 14.2 Å². The molecule has 32 heavy (non-hydrogen) atoms. The Kier molecular flexibility index (Phi) is 28.2. The van der Waals surface area contributed by atoms with Crippen LogP contribution in [0, 0.1) is 0 Å². The molecule has 0 atom stereocenters. The second-order valence-corrected chi connectivity index (χ2v) is 6.46. The lowest BCUT2D eigenvalue weighted by Crippen LogP contribution is -2.24. The fourth-order valence-corrected chi connectivity index (χ4v) is 2.09. The highest BCUT2D eigenvalue weighted by atomic mass is 16.6. The molecular weight excluding hydrogens is 428 g/mol. The minimum atomic E-state index is -0.683. The van der Waals surface area contributed by atoms with Gasteiger partial charge in [0.1, 0.15) is 6.10 Å². The minimum Gasteiger partial charge on any atom is -0.388 e. The molecule has 0 spiro atoms. The van der Waals surface area contributed by atoms with Gasteiger partial charge in [0.05, 0.1) is 119 Å². The third-order valence-electron chi connectivity index (χ3n) is 3.72. The Bertz CT molecular complexity index is 307. The van der Waals surface area contributed by atoms with Gasteiger partial charge in [0.25, 0.3) is 0 Å². The van der Waals surface area contributed by atoms with E-state index in [1.807, 2.05) is 0 Å². The first-order valence-electron chi connectivity index (χ1n) is 11.1. The number of hydrogen-bond donors (Lipinski definition) is 1. The second-order valence-electron chi connectivity index (χ2n) is 6.46. The first kappa shape index (κ1) is 31.6. The molecule has 0 saturated carbocycles. The Morgan fingerprint density at radius 2 is 0.594 bits per heavy atom. The minimum absolute atomic E-state index is 0.194. The summed E-state index contributed by atoms with van der Waals surface area (Å²) in [6.45, 7) is 8.49. The SMILES string of the molecule is COCCOCCOCCOCCOCC(O)COCCOCCOCCOCCOC. The third-order valence-corrected chi connectivity index (χ3v) is 3.72. The molecule has 0 aromatic heterocycles. The average molecular weight is 473 g/mol. The molecular formula is C21H44O11. The largest absolute Gasteiger partial charge is 0.388 e. The standard InChI is InChI=1S/C21H44O11/c1-23-3-5-25-7-9-27-11-13-29-15-17-31-19-21(22)20-32-18-16-30-14-12-28-10-8-26-6-4-24-2/h21-22H,3-20H2,1-2H3. The van der Waals surface area contributed by atoms with Gasteiger partial charge in [0, 0.05) is 14.2 Å². The van der Waals surface area contributed by atoms with E-state index in [-0.39, 0.29) is 13.2 Å². The molecule has 11 nitrogen and oxygen atoms in total. The van der Waals surface area contributed by atoms with E-state index >= 15 is 0 Å². The zero-order chi connectivity index (χ0) is 23.4. The van der Waals surface area contributed by atoms with Crippen molar-refractivity contribution in [2.45, 2.75) is 6.10 Å².